The van der Waals surface area contributed by atoms with E-state index in [1.807, 2.05) is 6.92 Å². The summed E-state index contributed by atoms with van der Waals surface area (Å²) < 4.78 is 0. The van der Waals surface area contributed by atoms with E-state index in [4.69, 9.17) is 0 Å². The molecule has 1 heterocycles. The number of rotatable bonds is 5. The summed E-state index contributed by atoms with van der Waals surface area (Å²) in [6.45, 7) is 9.50. The maximum Gasteiger partial charge on any atom is 0.0664 e. The molecule has 0 saturated carbocycles. The summed E-state index contributed by atoms with van der Waals surface area (Å²) in [5, 5.41) is 13.3. The van der Waals surface area contributed by atoms with Crippen LogP contribution in [0.4, 0.5) is 0 Å². The van der Waals surface area contributed by atoms with E-state index >= 15 is 0 Å². The van der Waals surface area contributed by atoms with Crippen LogP contribution in [0.1, 0.15) is 40.0 Å². The second-order valence-corrected chi connectivity index (χ2v) is 4.59. The van der Waals surface area contributed by atoms with Gasteiger partial charge in [0.05, 0.1) is 6.10 Å². The molecule has 0 amide bonds. The third kappa shape index (κ3) is 3.74. The van der Waals surface area contributed by atoms with Gasteiger partial charge in [-0.1, -0.05) is 20.8 Å². The van der Waals surface area contributed by atoms with Gasteiger partial charge in [-0.3, -0.25) is 4.90 Å². The number of nitrogens with zero attached hydrogens (tertiary/aromatic N) is 1. The zero-order valence-electron chi connectivity index (χ0n) is 10.4. The van der Waals surface area contributed by atoms with Crippen LogP contribution in [0.25, 0.3) is 0 Å². The lowest BCUT2D eigenvalue weighted by Gasteiger charge is -2.40. The molecule has 3 heteroatoms. The van der Waals surface area contributed by atoms with Gasteiger partial charge in [0.15, 0.2) is 0 Å². The van der Waals surface area contributed by atoms with Gasteiger partial charge in [0.25, 0.3) is 0 Å². The summed E-state index contributed by atoms with van der Waals surface area (Å²) >= 11 is 0. The summed E-state index contributed by atoms with van der Waals surface area (Å²) in [5.41, 5.74) is 0. The molecule has 0 aromatic rings. The molecule has 1 aliphatic rings. The number of aliphatic hydroxyl groups excluding tert-OH is 1. The molecule has 1 rings (SSSR count). The molecule has 1 saturated heterocycles. The van der Waals surface area contributed by atoms with Gasteiger partial charge in [-0.2, -0.15) is 0 Å². The molecule has 0 aliphatic carbocycles. The second kappa shape index (κ2) is 6.46. The van der Waals surface area contributed by atoms with Crippen LogP contribution in [0.5, 0.6) is 0 Å². The van der Waals surface area contributed by atoms with E-state index in [0.29, 0.717) is 12.1 Å². The van der Waals surface area contributed by atoms with Gasteiger partial charge in [-0.25, -0.2) is 0 Å². The van der Waals surface area contributed by atoms with Gasteiger partial charge >= 0.3 is 0 Å². The van der Waals surface area contributed by atoms with Crippen molar-refractivity contribution in [2.45, 2.75) is 58.2 Å². The Morgan fingerprint density at radius 2 is 2.07 bits per heavy atom. The minimum atomic E-state index is -0.158. The normalized spacial score (nSPS) is 30.4. The topological polar surface area (TPSA) is 35.5 Å². The molecule has 2 N–H and O–H groups in total. The molecule has 0 aromatic heterocycles. The first-order chi connectivity index (χ1) is 7.21. The minimum absolute atomic E-state index is 0.158. The first kappa shape index (κ1) is 12.9. The fourth-order valence-corrected chi connectivity index (χ4v) is 2.23. The van der Waals surface area contributed by atoms with Crippen LogP contribution < -0.4 is 5.32 Å². The van der Waals surface area contributed by atoms with E-state index < -0.39 is 0 Å². The third-order valence-electron chi connectivity index (χ3n) is 3.49. The van der Waals surface area contributed by atoms with E-state index in [-0.39, 0.29) is 6.10 Å². The van der Waals surface area contributed by atoms with Crippen LogP contribution in [-0.4, -0.2) is 47.8 Å². The monoisotopic (exact) mass is 214 g/mol. The molecule has 1 fully saturated rings. The van der Waals surface area contributed by atoms with Crippen LogP contribution >= 0.6 is 0 Å². The highest BCUT2D eigenvalue weighted by Crippen LogP contribution is 2.13. The van der Waals surface area contributed by atoms with Crippen LogP contribution in [0.15, 0.2) is 0 Å². The number of β-amino-alcohol motifs (C(OH)–C–C–N with tert-alkyl or cyclic N) is 1. The van der Waals surface area contributed by atoms with Crippen molar-refractivity contribution in [1.82, 2.24) is 10.2 Å². The van der Waals surface area contributed by atoms with Crippen molar-refractivity contribution in [3.63, 3.8) is 0 Å². The number of nitrogens with one attached hydrogen (secondary N) is 1. The van der Waals surface area contributed by atoms with E-state index in [1.54, 1.807) is 0 Å². The highest BCUT2D eigenvalue weighted by molar-refractivity contribution is 4.85. The fourth-order valence-electron chi connectivity index (χ4n) is 2.23. The van der Waals surface area contributed by atoms with Gasteiger partial charge in [-0.15, -0.1) is 0 Å². The van der Waals surface area contributed by atoms with Crippen molar-refractivity contribution >= 4 is 0 Å². The number of hydrogen-bond donors (Lipinski definition) is 2. The van der Waals surface area contributed by atoms with E-state index in [0.717, 1.165) is 26.1 Å². The van der Waals surface area contributed by atoms with Crippen LogP contribution in [0, 0.1) is 0 Å². The Balaban J connectivity index is 2.47. The van der Waals surface area contributed by atoms with Gasteiger partial charge in [0, 0.05) is 31.7 Å². The summed E-state index contributed by atoms with van der Waals surface area (Å²) in [5.74, 6) is 0. The van der Waals surface area contributed by atoms with Gasteiger partial charge in [-0.05, 0) is 19.3 Å². The van der Waals surface area contributed by atoms with Crippen molar-refractivity contribution in [3.05, 3.63) is 0 Å². The maximum absolute atomic E-state index is 9.72. The van der Waals surface area contributed by atoms with E-state index in [9.17, 15) is 5.11 Å². The van der Waals surface area contributed by atoms with Gasteiger partial charge in [0.2, 0.25) is 0 Å². The Hall–Kier alpha value is -0.120. The van der Waals surface area contributed by atoms with Crippen LogP contribution in [-0.2, 0) is 0 Å². The Morgan fingerprint density at radius 1 is 1.33 bits per heavy atom. The summed E-state index contributed by atoms with van der Waals surface area (Å²) in [7, 11) is 0. The lowest BCUT2D eigenvalue weighted by Crippen LogP contribution is -2.57. The van der Waals surface area contributed by atoms with Crippen molar-refractivity contribution in [2.24, 2.45) is 0 Å². The summed E-state index contributed by atoms with van der Waals surface area (Å²) in [6, 6.07) is 1.21. The SMILES string of the molecule is CCC(O)CN1CC(CC)NCC1CC. The van der Waals surface area contributed by atoms with Crippen LogP contribution in [0.3, 0.4) is 0 Å². The molecule has 3 atom stereocenters. The molecule has 1 aliphatic heterocycles. The second-order valence-electron chi connectivity index (χ2n) is 4.59. The Kier molecular flexibility index (Phi) is 5.58. The van der Waals surface area contributed by atoms with Crippen molar-refractivity contribution in [3.8, 4) is 0 Å². The molecule has 15 heavy (non-hydrogen) atoms. The average Bonchev–Trinajstić information content (AvgIpc) is 2.28. The summed E-state index contributed by atoms with van der Waals surface area (Å²) in [6.07, 6.45) is 3.04. The van der Waals surface area contributed by atoms with Gasteiger partial charge in [0.1, 0.15) is 0 Å². The highest BCUT2D eigenvalue weighted by atomic mass is 16.3. The zero-order valence-corrected chi connectivity index (χ0v) is 10.4. The van der Waals surface area contributed by atoms with Gasteiger partial charge < -0.3 is 10.4 Å². The molecule has 0 aromatic carbocycles. The predicted molar refractivity (Wildman–Crippen MR) is 64.0 cm³/mol. The fraction of sp³-hybridized carbons (Fsp3) is 1.00. The molecule has 0 bridgehead atoms. The molecule has 90 valence electrons. The minimum Gasteiger partial charge on any atom is -0.392 e. The lowest BCUT2D eigenvalue weighted by atomic mass is 10.0. The van der Waals surface area contributed by atoms with E-state index in [1.165, 1.54) is 12.8 Å². The molecule has 0 spiro atoms. The third-order valence-corrected chi connectivity index (χ3v) is 3.49. The number of hydrogen-bond acceptors (Lipinski definition) is 3. The average molecular weight is 214 g/mol. The highest BCUT2D eigenvalue weighted by Gasteiger charge is 2.26. The van der Waals surface area contributed by atoms with E-state index in [2.05, 4.69) is 24.1 Å². The van der Waals surface area contributed by atoms with Crippen molar-refractivity contribution < 1.29 is 5.11 Å². The Morgan fingerprint density at radius 3 is 2.60 bits per heavy atom. The van der Waals surface area contributed by atoms with Crippen LogP contribution in [0.2, 0.25) is 0 Å². The first-order valence-electron chi connectivity index (χ1n) is 6.36. The number of aliphatic hydroxyl groups is 1. The molecular weight excluding hydrogens is 188 g/mol. The predicted octanol–water partition coefficient (Wildman–Crippen LogP) is 1.22. The van der Waals surface area contributed by atoms with Crippen molar-refractivity contribution in [2.75, 3.05) is 19.6 Å². The van der Waals surface area contributed by atoms with Crippen molar-refractivity contribution in [1.29, 1.82) is 0 Å². The molecule has 0 radical (unpaired) electrons. The quantitative estimate of drug-likeness (QED) is 0.722. The Bertz CT molecular complexity index is 173. The molecular formula is C12H26N2O. The Labute approximate surface area is 93.9 Å². The lowest BCUT2D eigenvalue weighted by molar-refractivity contribution is 0.0562. The first-order valence-corrected chi connectivity index (χ1v) is 6.36. The molecule has 3 unspecified atom stereocenters. The number of piperazine rings is 1. The maximum atomic E-state index is 9.72. The largest absolute Gasteiger partial charge is 0.392 e. The summed E-state index contributed by atoms with van der Waals surface area (Å²) in [4.78, 5) is 2.46. The molecule has 3 nitrogen and oxygen atoms in total. The standard InChI is InChI=1S/C12H26N2O/c1-4-10-8-14(9-12(15)6-3)11(5-2)7-13-10/h10-13,15H,4-9H2,1-3H3. The zero-order chi connectivity index (χ0) is 11.3. The smallest absolute Gasteiger partial charge is 0.0664 e.